The zero-order chi connectivity index (χ0) is 14.9. The average molecular weight is 284 g/mol. The maximum Gasteiger partial charge on any atom is 0.251 e. The number of carbonyl (C=O) groups is 1. The Balaban J connectivity index is 1.85. The Kier molecular flexibility index (Phi) is 5.79. The van der Waals surface area contributed by atoms with E-state index in [-0.39, 0.29) is 5.91 Å². The van der Waals surface area contributed by atoms with E-state index < -0.39 is 0 Å². The average Bonchev–Trinajstić information content (AvgIpc) is 2.54. The Labute approximate surface area is 124 Å². The molecule has 0 saturated heterocycles. The molecule has 0 heterocycles. The highest BCUT2D eigenvalue weighted by Crippen LogP contribution is 2.14. The van der Waals surface area contributed by atoms with Crippen molar-refractivity contribution in [1.82, 2.24) is 5.32 Å². The van der Waals surface area contributed by atoms with E-state index in [4.69, 9.17) is 10.5 Å². The van der Waals surface area contributed by atoms with Crippen molar-refractivity contribution in [1.29, 1.82) is 0 Å². The van der Waals surface area contributed by atoms with Gasteiger partial charge in [-0.25, -0.2) is 0 Å². The van der Waals surface area contributed by atoms with Crippen LogP contribution in [0.15, 0.2) is 54.6 Å². The van der Waals surface area contributed by atoms with E-state index in [1.807, 2.05) is 30.3 Å². The third-order valence-electron chi connectivity index (χ3n) is 3.03. The topological polar surface area (TPSA) is 64.3 Å². The summed E-state index contributed by atoms with van der Waals surface area (Å²) < 4.78 is 5.68. The van der Waals surface area contributed by atoms with Crippen LogP contribution in [0.5, 0.6) is 5.75 Å². The monoisotopic (exact) mass is 284 g/mol. The van der Waals surface area contributed by atoms with Gasteiger partial charge in [-0.3, -0.25) is 4.79 Å². The van der Waals surface area contributed by atoms with E-state index in [0.717, 1.165) is 17.7 Å². The summed E-state index contributed by atoms with van der Waals surface area (Å²) in [6.07, 6.45) is 0.782. The first kappa shape index (κ1) is 15.1. The summed E-state index contributed by atoms with van der Waals surface area (Å²) >= 11 is 0. The van der Waals surface area contributed by atoms with Crippen molar-refractivity contribution in [3.8, 4) is 5.75 Å². The fourth-order valence-corrected chi connectivity index (χ4v) is 1.85. The minimum Gasteiger partial charge on any atom is -0.489 e. The predicted octanol–water partition coefficient (Wildman–Crippen LogP) is 2.34. The van der Waals surface area contributed by atoms with Gasteiger partial charge in [-0.1, -0.05) is 30.3 Å². The molecule has 0 bridgehead atoms. The minimum absolute atomic E-state index is 0.0851. The summed E-state index contributed by atoms with van der Waals surface area (Å²) in [5.41, 5.74) is 7.12. The lowest BCUT2D eigenvalue weighted by Gasteiger charge is -2.08. The first-order chi connectivity index (χ1) is 10.3. The number of hydrogen-bond donors (Lipinski definition) is 2. The smallest absolute Gasteiger partial charge is 0.251 e. The molecule has 0 aliphatic carbocycles. The molecule has 0 aromatic heterocycles. The Bertz CT molecular complexity index is 553. The number of amides is 1. The zero-order valence-electron chi connectivity index (χ0n) is 11.9. The summed E-state index contributed by atoms with van der Waals surface area (Å²) in [5.74, 6) is 0.662. The van der Waals surface area contributed by atoms with Crippen molar-refractivity contribution in [3.05, 3.63) is 65.7 Å². The van der Waals surface area contributed by atoms with Gasteiger partial charge in [0.2, 0.25) is 0 Å². The molecule has 110 valence electrons. The van der Waals surface area contributed by atoms with Crippen molar-refractivity contribution in [2.45, 2.75) is 13.0 Å². The van der Waals surface area contributed by atoms with Crippen LogP contribution in [0, 0.1) is 0 Å². The van der Waals surface area contributed by atoms with Gasteiger partial charge in [-0.05, 0) is 42.8 Å². The Morgan fingerprint density at radius 3 is 2.43 bits per heavy atom. The second-order valence-electron chi connectivity index (χ2n) is 4.70. The maximum atomic E-state index is 11.8. The second kappa shape index (κ2) is 8.07. The lowest BCUT2D eigenvalue weighted by atomic mass is 10.2. The van der Waals surface area contributed by atoms with Crippen LogP contribution in [0.25, 0.3) is 0 Å². The molecule has 21 heavy (non-hydrogen) atoms. The first-order valence-electron chi connectivity index (χ1n) is 7.04. The molecule has 1 amide bonds. The van der Waals surface area contributed by atoms with E-state index in [0.29, 0.717) is 25.3 Å². The van der Waals surface area contributed by atoms with Gasteiger partial charge >= 0.3 is 0 Å². The second-order valence-corrected chi connectivity index (χ2v) is 4.70. The van der Waals surface area contributed by atoms with Crippen LogP contribution in [0.2, 0.25) is 0 Å². The summed E-state index contributed by atoms with van der Waals surface area (Å²) in [6, 6.07) is 17.1. The van der Waals surface area contributed by atoms with E-state index in [9.17, 15) is 4.79 Å². The highest BCUT2D eigenvalue weighted by atomic mass is 16.5. The molecule has 0 atom stereocenters. The summed E-state index contributed by atoms with van der Waals surface area (Å²) in [4.78, 5) is 11.8. The van der Waals surface area contributed by atoms with Gasteiger partial charge in [0.1, 0.15) is 12.4 Å². The van der Waals surface area contributed by atoms with Gasteiger partial charge in [0.15, 0.2) is 0 Å². The van der Waals surface area contributed by atoms with Crippen molar-refractivity contribution < 1.29 is 9.53 Å². The van der Waals surface area contributed by atoms with Crippen LogP contribution < -0.4 is 15.8 Å². The summed E-state index contributed by atoms with van der Waals surface area (Å²) in [7, 11) is 0. The molecule has 2 rings (SSSR count). The lowest BCUT2D eigenvalue weighted by molar-refractivity contribution is 0.0953. The zero-order valence-corrected chi connectivity index (χ0v) is 11.9. The van der Waals surface area contributed by atoms with Crippen LogP contribution in [0.4, 0.5) is 0 Å². The molecule has 0 aliphatic heterocycles. The number of rotatable bonds is 7. The Hall–Kier alpha value is -2.33. The molecule has 0 unspecified atom stereocenters. The molecule has 0 spiro atoms. The molecule has 4 nitrogen and oxygen atoms in total. The number of nitrogens with two attached hydrogens (primary N) is 1. The molecule has 0 aliphatic rings. The molecular formula is C17H20N2O2. The van der Waals surface area contributed by atoms with Crippen molar-refractivity contribution >= 4 is 5.91 Å². The standard InChI is InChI=1S/C17H20N2O2/c18-11-4-12-19-17(20)15-7-9-16(10-8-15)21-13-14-5-2-1-3-6-14/h1-3,5-10H,4,11-13,18H2,(H,19,20). The minimum atomic E-state index is -0.0851. The summed E-state index contributed by atoms with van der Waals surface area (Å²) in [5, 5.41) is 2.82. The van der Waals surface area contributed by atoms with E-state index >= 15 is 0 Å². The molecule has 3 N–H and O–H groups in total. The number of ether oxygens (including phenoxy) is 1. The fourth-order valence-electron chi connectivity index (χ4n) is 1.85. The Morgan fingerprint density at radius 1 is 1.05 bits per heavy atom. The third-order valence-corrected chi connectivity index (χ3v) is 3.03. The number of benzene rings is 2. The molecule has 2 aromatic carbocycles. The van der Waals surface area contributed by atoms with Crippen molar-refractivity contribution in [2.24, 2.45) is 5.73 Å². The normalized spacial score (nSPS) is 10.1. The van der Waals surface area contributed by atoms with Crippen molar-refractivity contribution in [2.75, 3.05) is 13.1 Å². The maximum absolute atomic E-state index is 11.8. The predicted molar refractivity (Wildman–Crippen MR) is 83.2 cm³/mol. The van der Waals surface area contributed by atoms with Gasteiger partial charge in [0, 0.05) is 12.1 Å². The van der Waals surface area contributed by atoms with Crippen LogP contribution in [-0.4, -0.2) is 19.0 Å². The van der Waals surface area contributed by atoms with Gasteiger partial charge < -0.3 is 15.8 Å². The van der Waals surface area contributed by atoms with Gasteiger partial charge in [-0.15, -0.1) is 0 Å². The van der Waals surface area contributed by atoms with E-state index in [1.54, 1.807) is 24.3 Å². The molecule has 0 radical (unpaired) electrons. The quantitative estimate of drug-likeness (QED) is 0.767. The van der Waals surface area contributed by atoms with E-state index in [2.05, 4.69) is 5.32 Å². The number of nitrogens with one attached hydrogen (secondary N) is 1. The molecule has 0 saturated carbocycles. The summed E-state index contributed by atoms with van der Waals surface area (Å²) in [6.45, 7) is 1.69. The number of carbonyl (C=O) groups excluding carboxylic acids is 1. The SMILES string of the molecule is NCCCNC(=O)c1ccc(OCc2ccccc2)cc1. The first-order valence-corrected chi connectivity index (χ1v) is 7.04. The third kappa shape index (κ3) is 4.93. The lowest BCUT2D eigenvalue weighted by Crippen LogP contribution is -2.25. The van der Waals surface area contributed by atoms with Gasteiger partial charge in [0.25, 0.3) is 5.91 Å². The van der Waals surface area contributed by atoms with Crippen LogP contribution >= 0.6 is 0 Å². The van der Waals surface area contributed by atoms with Crippen molar-refractivity contribution in [3.63, 3.8) is 0 Å². The van der Waals surface area contributed by atoms with Crippen LogP contribution in [-0.2, 0) is 6.61 Å². The molecule has 0 fully saturated rings. The number of hydrogen-bond acceptors (Lipinski definition) is 3. The molecule has 2 aromatic rings. The van der Waals surface area contributed by atoms with Gasteiger partial charge in [0.05, 0.1) is 0 Å². The molecule has 4 heteroatoms. The Morgan fingerprint density at radius 2 is 1.76 bits per heavy atom. The fraction of sp³-hybridized carbons (Fsp3) is 0.235. The van der Waals surface area contributed by atoms with Crippen LogP contribution in [0.3, 0.4) is 0 Å². The largest absolute Gasteiger partial charge is 0.489 e. The highest BCUT2D eigenvalue weighted by Gasteiger charge is 2.04. The van der Waals surface area contributed by atoms with Gasteiger partial charge in [-0.2, -0.15) is 0 Å². The van der Waals surface area contributed by atoms with E-state index in [1.165, 1.54) is 0 Å². The van der Waals surface area contributed by atoms with Crippen LogP contribution in [0.1, 0.15) is 22.3 Å². The molecular weight excluding hydrogens is 264 g/mol. The highest BCUT2D eigenvalue weighted by molar-refractivity contribution is 5.94.